The van der Waals surface area contributed by atoms with Crippen molar-refractivity contribution in [3.8, 4) is 16.9 Å². The standard InChI is InChI=1S/C27H24F6N4O2S/c1-40(38)39-22-8-3-7-19(15-22)25(23-35-9-4-10-37(23)24(34)36-25)18-6-2-5-16(11-18)17-12-20(26(28,29)30)14-21(13-17)27(31,32)33/h2-3,5-8,11-15,24,36H,4,9-10,34H2,1H3. The minimum Gasteiger partial charge on any atom is -0.401 e. The number of aliphatic imine (C=N–C) groups is 1. The number of nitrogens with one attached hydrogen (secondary N) is 1. The van der Waals surface area contributed by atoms with Gasteiger partial charge in [-0.05, 0) is 65.1 Å². The van der Waals surface area contributed by atoms with E-state index >= 15 is 0 Å². The number of fused-ring (bicyclic) bond motifs is 1. The van der Waals surface area contributed by atoms with Crippen LogP contribution in [0.3, 0.4) is 0 Å². The summed E-state index contributed by atoms with van der Waals surface area (Å²) in [6, 6.07) is 14.5. The lowest BCUT2D eigenvalue weighted by Crippen LogP contribution is -2.48. The van der Waals surface area contributed by atoms with Gasteiger partial charge in [-0.25, -0.2) is 4.21 Å². The highest BCUT2D eigenvalue weighted by molar-refractivity contribution is 7.79. The Morgan fingerprint density at radius 3 is 2.20 bits per heavy atom. The Labute approximate surface area is 228 Å². The number of nitrogens with two attached hydrogens (primary N) is 1. The van der Waals surface area contributed by atoms with Gasteiger partial charge in [0.05, 0.1) is 11.1 Å². The Bertz CT molecular complexity index is 1460. The van der Waals surface area contributed by atoms with Crippen LogP contribution in [0.5, 0.6) is 5.75 Å². The molecule has 0 bridgehead atoms. The molecule has 2 heterocycles. The molecule has 6 nitrogen and oxygen atoms in total. The Kier molecular flexibility index (Phi) is 7.17. The van der Waals surface area contributed by atoms with Crippen LogP contribution < -0.4 is 15.2 Å². The molecule has 0 radical (unpaired) electrons. The van der Waals surface area contributed by atoms with Crippen LogP contribution in [0.2, 0.25) is 0 Å². The molecule has 3 N–H and O–H groups in total. The number of amidine groups is 1. The summed E-state index contributed by atoms with van der Waals surface area (Å²) in [7, 11) is 0. The van der Waals surface area contributed by atoms with Gasteiger partial charge in [0, 0.05) is 19.3 Å². The molecule has 2 aliphatic rings. The number of alkyl halides is 6. The van der Waals surface area contributed by atoms with Crippen molar-refractivity contribution in [3.63, 3.8) is 0 Å². The predicted molar refractivity (Wildman–Crippen MR) is 139 cm³/mol. The highest BCUT2D eigenvalue weighted by Gasteiger charge is 2.51. The van der Waals surface area contributed by atoms with E-state index in [9.17, 15) is 30.6 Å². The molecular formula is C27H24F6N4O2S. The lowest BCUT2D eigenvalue weighted by Gasteiger charge is -2.34. The maximum absolute atomic E-state index is 13.6. The summed E-state index contributed by atoms with van der Waals surface area (Å²) in [6.07, 6.45) is -8.53. The summed E-state index contributed by atoms with van der Waals surface area (Å²) >= 11 is -1.62. The fourth-order valence-electron chi connectivity index (χ4n) is 5.15. The van der Waals surface area contributed by atoms with Crippen LogP contribution in [0.25, 0.3) is 11.1 Å². The number of halogens is 6. The van der Waals surface area contributed by atoms with Gasteiger partial charge in [-0.1, -0.05) is 30.3 Å². The van der Waals surface area contributed by atoms with Crippen LogP contribution in [0.15, 0.2) is 71.7 Å². The van der Waals surface area contributed by atoms with Crippen molar-refractivity contribution in [2.24, 2.45) is 10.7 Å². The maximum atomic E-state index is 13.6. The van der Waals surface area contributed by atoms with Gasteiger partial charge in [0.1, 0.15) is 23.4 Å². The summed E-state index contributed by atoms with van der Waals surface area (Å²) in [5.74, 6) is 0.852. The van der Waals surface area contributed by atoms with Crippen molar-refractivity contribution in [3.05, 3.63) is 89.0 Å². The molecule has 5 rings (SSSR count). The topological polar surface area (TPSA) is 79.9 Å². The highest BCUT2D eigenvalue weighted by Crippen LogP contribution is 2.43. The number of nitrogens with zero attached hydrogens (tertiary/aromatic N) is 2. The first kappa shape index (κ1) is 28.1. The number of rotatable bonds is 5. The average molecular weight is 583 g/mol. The average Bonchev–Trinajstić information content (AvgIpc) is 3.21. The third-order valence-electron chi connectivity index (χ3n) is 6.82. The summed E-state index contributed by atoms with van der Waals surface area (Å²) in [5.41, 5.74) is 3.39. The molecule has 3 aromatic carbocycles. The van der Waals surface area contributed by atoms with E-state index in [0.717, 1.165) is 6.42 Å². The van der Waals surface area contributed by atoms with E-state index in [1.165, 1.54) is 18.4 Å². The molecule has 0 aliphatic carbocycles. The molecule has 1 fully saturated rings. The number of benzene rings is 3. The quantitative estimate of drug-likeness (QED) is 0.402. The van der Waals surface area contributed by atoms with E-state index < -0.39 is 46.4 Å². The van der Waals surface area contributed by atoms with Crippen LogP contribution in [0.4, 0.5) is 26.3 Å². The van der Waals surface area contributed by atoms with E-state index in [1.54, 1.807) is 36.4 Å². The molecule has 40 heavy (non-hydrogen) atoms. The SMILES string of the molecule is CS(=O)Oc1cccc(C2(c3cccc(-c4cc(C(F)(F)F)cc(C(F)(F)F)c4)c3)NC(N)N3CCCN=C32)c1. The van der Waals surface area contributed by atoms with Crippen LogP contribution in [0.1, 0.15) is 28.7 Å². The second-order valence-electron chi connectivity index (χ2n) is 9.48. The third-order valence-corrected chi connectivity index (χ3v) is 7.25. The van der Waals surface area contributed by atoms with Gasteiger partial charge in [-0.2, -0.15) is 26.3 Å². The molecule has 0 amide bonds. The fourth-order valence-corrected chi connectivity index (χ4v) is 5.53. The molecule has 0 spiro atoms. The van der Waals surface area contributed by atoms with Gasteiger partial charge in [0.15, 0.2) is 0 Å². The lowest BCUT2D eigenvalue weighted by molar-refractivity contribution is -0.143. The second-order valence-corrected chi connectivity index (χ2v) is 10.4. The van der Waals surface area contributed by atoms with Gasteiger partial charge in [-0.3, -0.25) is 16.0 Å². The molecule has 0 saturated carbocycles. The van der Waals surface area contributed by atoms with Gasteiger partial charge in [0.2, 0.25) is 11.1 Å². The van der Waals surface area contributed by atoms with Crippen molar-refractivity contribution in [1.29, 1.82) is 0 Å². The van der Waals surface area contributed by atoms with Crippen LogP contribution in [-0.4, -0.2) is 40.6 Å². The molecular weight excluding hydrogens is 558 g/mol. The van der Waals surface area contributed by atoms with Gasteiger partial charge in [0.25, 0.3) is 0 Å². The zero-order valence-corrected chi connectivity index (χ0v) is 21.8. The van der Waals surface area contributed by atoms with Crippen molar-refractivity contribution < 1.29 is 34.7 Å². The molecule has 2 aliphatic heterocycles. The minimum absolute atomic E-state index is 0.101. The first-order chi connectivity index (χ1) is 18.8. The minimum atomic E-state index is -4.98. The molecule has 1 saturated heterocycles. The van der Waals surface area contributed by atoms with Gasteiger partial charge < -0.3 is 9.08 Å². The Morgan fingerprint density at radius 1 is 0.950 bits per heavy atom. The third kappa shape index (κ3) is 5.20. The summed E-state index contributed by atoms with van der Waals surface area (Å²) in [5, 5.41) is 3.35. The van der Waals surface area contributed by atoms with Crippen molar-refractivity contribution in [2.45, 2.75) is 30.6 Å². The Balaban J connectivity index is 1.72. The largest absolute Gasteiger partial charge is 0.416 e. The monoisotopic (exact) mass is 582 g/mol. The lowest BCUT2D eigenvalue weighted by atomic mass is 9.80. The van der Waals surface area contributed by atoms with E-state index in [0.29, 0.717) is 47.9 Å². The molecule has 3 unspecified atom stereocenters. The van der Waals surface area contributed by atoms with E-state index in [-0.39, 0.29) is 17.2 Å². The number of hydrogen-bond donors (Lipinski definition) is 2. The zero-order valence-electron chi connectivity index (χ0n) is 21.0. The van der Waals surface area contributed by atoms with E-state index in [2.05, 4.69) is 5.32 Å². The Morgan fingerprint density at radius 2 is 1.57 bits per heavy atom. The fraction of sp³-hybridized carbons (Fsp3) is 0.296. The second kappa shape index (κ2) is 10.2. The molecule has 3 atom stereocenters. The number of hydrogen-bond acceptors (Lipinski definition) is 6. The van der Waals surface area contributed by atoms with Gasteiger partial charge in [-0.15, -0.1) is 0 Å². The summed E-state index contributed by atoms with van der Waals surface area (Å²) in [6.45, 7) is 1.09. The van der Waals surface area contributed by atoms with E-state index in [4.69, 9.17) is 14.9 Å². The van der Waals surface area contributed by atoms with Crippen molar-refractivity contribution in [2.75, 3.05) is 19.3 Å². The predicted octanol–water partition coefficient (Wildman–Crippen LogP) is 5.26. The molecule has 13 heteroatoms. The summed E-state index contributed by atoms with van der Waals surface area (Å²) < 4.78 is 98.5. The highest BCUT2D eigenvalue weighted by atomic mass is 32.2. The zero-order chi connectivity index (χ0) is 28.9. The van der Waals surface area contributed by atoms with Crippen LogP contribution >= 0.6 is 0 Å². The molecule has 3 aromatic rings. The smallest absolute Gasteiger partial charge is 0.401 e. The molecule has 212 valence electrons. The first-order valence-electron chi connectivity index (χ1n) is 12.2. The molecule has 0 aromatic heterocycles. The van der Waals surface area contributed by atoms with E-state index in [1.807, 2.05) is 4.90 Å². The van der Waals surface area contributed by atoms with Gasteiger partial charge >= 0.3 is 12.4 Å². The van der Waals surface area contributed by atoms with Crippen molar-refractivity contribution in [1.82, 2.24) is 10.2 Å². The summed E-state index contributed by atoms with van der Waals surface area (Å²) in [4.78, 5) is 6.60. The maximum Gasteiger partial charge on any atom is 0.416 e. The van der Waals surface area contributed by atoms with Crippen LogP contribution in [-0.2, 0) is 29.0 Å². The first-order valence-corrected chi connectivity index (χ1v) is 13.6. The Hall–Kier alpha value is -3.42. The van der Waals surface area contributed by atoms with Crippen LogP contribution in [0, 0.1) is 0 Å². The van der Waals surface area contributed by atoms with Crippen molar-refractivity contribution >= 4 is 16.9 Å². The normalized spacial score (nSPS) is 22.1.